The molecule has 0 amide bonds. The Labute approximate surface area is 130 Å². The van der Waals surface area contributed by atoms with Crippen LogP contribution in [-0.2, 0) is 0 Å². The van der Waals surface area contributed by atoms with Crippen LogP contribution in [0, 0.1) is 0 Å². The Bertz CT molecular complexity index is 424. The Morgan fingerprint density at radius 2 is 2.40 bits per heavy atom. The van der Waals surface area contributed by atoms with E-state index in [2.05, 4.69) is 12.2 Å². The number of ether oxygens (including phenoxy) is 1. The summed E-state index contributed by atoms with van der Waals surface area (Å²) in [5.74, 6) is 1.94. The third-order valence-electron chi connectivity index (χ3n) is 3.42. The average Bonchev–Trinajstić information content (AvgIpc) is 2.83. The maximum Gasteiger partial charge on any atom is 0.120 e. The third-order valence-corrected chi connectivity index (χ3v) is 5.19. The predicted molar refractivity (Wildman–Crippen MR) is 85.9 cm³/mol. The van der Waals surface area contributed by atoms with Crippen LogP contribution in [0.2, 0.25) is 5.02 Å². The molecular weight excluding hydrogens is 294 g/mol. The van der Waals surface area contributed by atoms with E-state index < -0.39 is 6.10 Å². The number of rotatable bonds is 7. The largest absolute Gasteiger partial charge is 0.491 e. The fourth-order valence-electron chi connectivity index (χ4n) is 2.29. The number of hydrogen-bond donors (Lipinski definition) is 2. The van der Waals surface area contributed by atoms with Crippen LogP contribution in [0.25, 0.3) is 0 Å². The van der Waals surface area contributed by atoms with Crippen molar-refractivity contribution in [3.05, 3.63) is 29.3 Å². The molecule has 0 radical (unpaired) electrons. The van der Waals surface area contributed by atoms with E-state index in [4.69, 9.17) is 16.3 Å². The number of hydrogen-bond acceptors (Lipinski definition) is 4. The first-order valence-corrected chi connectivity index (χ1v) is 8.35. The molecular formula is C15H22ClNO2S. The molecule has 0 aromatic heterocycles. The van der Waals surface area contributed by atoms with Crippen LogP contribution < -0.4 is 10.1 Å². The lowest BCUT2D eigenvalue weighted by Gasteiger charge is -2.24. The molecule has 1 aromatic carbocycles. The Morgan fingerprint density at radius 1 is 1.55 bits per heavy atom. The molecule has 1 aliphatic heterocycles. The number of thioether (sulfide) groups is 1. The van der Waals surface area contributed by atoms with E-state index in [0.717, 1.165) is 6.54 Å². The standard InChI is InChI=1S/C15H22ClNO2S/c1-15(6-3-7-20-15)11-17-9-13(18)10-19-14-5-2-4-12(16)8-14/h2,4-5,8,13,17-18H,3,6-7,9-11H2,1H3. The number of halogens is 1. The van der Waals surface area contributed by atoms with Gasteiger partial charge >= 0.3 is 0 Å². The molecule has 1 fully saturated rings. The highest BCUT2D eigenvalue weighted by atomic mass is 35.5. The van der Waals surface area contributed by atoms with Crippen LogP contribution in [0.15, 0.2) is 24.3 Å². The molecule has 1 aromatic rings. The first kappa shape index (κ1) is 16.0. The van der Waals surface area contributed by atoms with Crippen LogP contribution in [0.4, 0.5) is 0 Å². The normalized spacial score (nSPS) is 23.8. The Morgan fingerprint density at radius 3 is 3.10 bits per heavy atom. The van der Waals surface area contributed by atoms with Gasteiger partial charge in [0.1, 0.15) is 18.5 Å². The van der Waals surface area contributed by atoms with E-state index in [-0.39, 0.29) is 6.61 Å². The summed E-state index contributed by atoms with van der Waals surface area (Å²) < 4.78 is 5.84. The molecule has 3 nitrogen and oxygen atoms in total. The van der Waals surface area contributed by atoms with Gasteiger partial charge in [0.25, 0.3) is 0 Å². The molecule has 1 saturated heterocycles. The molecule has 0 spiro atoms. The van der Waals surface area contributed by atoms with Gasteiger partial charge in [-0.05, 0) is 43.7 Å². The number of aliphatic hydroxyl groups excluding tert-OH is 1. The molecule has 2 rings (SSSR count). The Kier molecular flexibility index (Phi) is 6.02. The number of nitrogens with one attached hydrogen (secondary N) is 1. The van der Waals surface area contributed by atoms with E-state index in [9.17, 15) is 5.11 Å². The quantitative estimate of drug-likeness (QED) is 0.812. The van der Waals surface area contributed by atoms with Crippen LogP contribution in [0.1, 0.15) is 19.8 Å². The van der Waals surface area contributed by atoms with Gasteiger partial charge in [-0.1, -0.05) is 17.7 Å². The lowest BCUT2D eigenvalue weighted by Crippen LogP contribution is -2.39. The van der Waals surface area contributed by atoms with Crippen LogP contribution in [0.3, 0.4) is 0 Å². The molecule has 1 heterocycles. The second kappa shape index (κ2) is 7.55. The summed E-state index contributed by atoms with van der Waals surface area (Å²) in [7, 11) is 0. The average molecular weight is 316 g/mol. The fourth-order valence-corrected chi connectivity index (χ4v) is 3.74. The molecule has 20 heavy (non-hydrogen) atoms. The van der Waals surface area contributed by atoms with E-state index in [1.54, 1.807) is 12.1 Å². The van der Waals surface area contributed by atoms with Crippen molar-refractivity contribution in [2.24, 2.45) is 0 Å². The molecule has 1 aliphatic rings. The second-order valence-corrected chi connectivity index (χ2v) is 7.57. The summed E-state index contributed by atoms with van der Waals surface area (Å²) >= 11 is 7.89. The molecule has 5 heteroatoms. The van der Waals surface area contributed by atoms with Crippen molar-refractivity contribution in [2.75, 3.05) is 25.4 Å². The summed E-state index contributed by atoms with van der Waals surface area (Å²) in [6.45, 7) is 4.05. The zero-order valence-electron chi connectivity index (χ0n) is 11.8. The van der Waals surface area contributed by atoms with Crippen molar-refractivity contribution in [3.8, 4) is 5.75 Å². The van der Waals surface area contributed by atoms with Gasteiger partial charge in [-0.15, -0.1) is 0 Å². The topological polar surface area (TPSA) is 41.5 Å². The van der Waals surface area contributed by atoms with Gasteiger partial charge in [0.2, 0.25) is 0 Å². The molecule has 2 N–H and O–H groups in total. The highest BCUT2D eigenvalue weighted by Crippen LogP contribution is 2.36. The Balaban J connectivity index is 1.64. The molecule has 0 bridgehead atoms. The third kappa shape index (κ3) is 5.17. The zero-order valence-corrected chi connectivity index (χ0v) is 13.3. The fraction of sp³-hybridized carbons (Fsp3) is 0.600. The minimum Gasteiger partial charge on any atom is -0.491 e. The van der Waals surface area contributed by atoms with Crippen molar-refractivity contribution in [2.45, 2.75) is 30.6 Å². The maximum absolute atomic E-state index is 9.91. The van der Waals surface area contributed by atoms with Crippen molar-refractivity contribution in [3.63, 3.8) is 0 Å². The van der Waals surface area contributed by atoms with Gasteiger partial charge in [0.15, 0.2) is 0 Å². The van der Waals surface area contributed by atoms with Gasteiger partial charge < -0.3 is 15.2 Å². The smallest absolute Gasteiger partial charge is 0.120 e. The van der Waals surface area contributed by atoms with Crippen molar-refractivity contribution in [1.82, 2.24) is 5.32 Å². The minimum absolute atomic E-state index is 0.275. The van der Waals surface area contributed by atoms with E-state index in [0.29, 0.717) is 22.1 Å². The zero-order chi connectivity index (χ0) is 14.4. The summed E-state index contributed by atoms with van der Waals surface area (Å²) in [5.41, 5.74) is 0. The van der Waals surface area contributed by atoms with Crippen molar-refractivity contribution < 1.29 is 9.84 Å². The minimum atomic E-state index is -0.510. The van der Waals surface area contributed by atoms with Gasteiger partial charge in [0, 0.05) is 22.9 Å². The highest BCUT2D eigenvalue weighted by molar-refractivity contribution is 8.00. The van der Waals surface area contributed by atoms with Crippen molar-refractivity contribution in [1.29, 1.82) is 0 Å². The second-order valence-electron chi connectivity index (χ2n) is 5.46. The SMILES string of the molecule is CC1(CNCC(O)COc2cccc(Cl)c2)CCCS1. The summed E-state index contributed by atoms with van der Waals surface area (Å²) in [6, 6.07) is 7.22. The van der Waals surface area contributed by atoms with Crippen molar-refractivity contribution >= 4 is 23.4 Å². The lowest BCUT2D eigenvalue weighted by molar-refractivity contribution is 0.106. The summed E-state index contributed by atoms with van der Waals surface area (Å²) in [4.78, 5) is 0. The van der Waals surface area contributed by atoms with Crippen LogP contribution in [-0.4, -0.2) is 41.4 Å². The van der Waals surface area contributed by atoms with Gasteiger partial charge in [-0.2, -0.15) is 11.8 Å². The van der Waals surface area contributed by atoms with E-state index >= 15 is 0 Å². The van der Waals surface area contributed by atoms with E-state index in [1.165, 1.54) is 18.6 Å². The lowest BCUT2D eigenvalue weighted by atomic mass is 10.1. The van der Waals surface area contributed by atoms with E-state index in [1.807, 2.05) is 23.9 Å². The van der Waals surface area contributed by atoms with Crippen LogP contribution >= 0.6 is 23.4 Å². The molecule has 2 unspecified atom stereocenters. The molecule has 0 aliphatic carbocycles. The Hall–Kier alpha value is -0.420. The number of benzene rings is 1. The molecule has 2 atom stereocenters. The summed E-state index contributed by atoms with van der Waals surface area (Å²) in [6.07, 6.45) is 2.03. The van der Waals surface area contributed by atoms with Gasteiger partial charge in [0.05, 0.1) is 0 Å². The van der Waals surface area contributed by atoms with Crippen LogP contribution in [0.5, 0.6) is 5.75 Å². The highest BCUT2D eigenvalue weighted by Gasteiger charge is 2.28. The van der Waals surface area contributed by atoms with Gasteiger partial charge in [-0.3, -0.25) is 0 Å². The number of aliphatic hydroxyl groups is 1. The molecule has 112 valence electrons. The first-order valence-electron chi connectivity index (χ1n) is 6.98. The first-order chi connectivity index (χ1) is 9.57. The molecule has 0 saturated carbocycles. The monoisotopic (exact) mass is 315 g/mol. The van der Waals surface area contributed by atoms with Gasteiger partial charge in [-0.25, -0.2) is 0 Å². The summed E-state index contributed by atoms with van der Waals surface area (Å²) in [5, 5.41) is 13.9. The maximum atomic E-state index is 9.91. The predicted octanol–water partition coefficient (Wildman–Crippen LogP) is 2.96.